The molecule has 2 aromatic carbocycles. The minimum Gasteiger partial charge on any atom is -0.465 e. The lowest BCUT2D eigenvalue weighted by Crippen LogP contribution is -2.09. The van der Waals surface area contributed by atoms with Crippen LogP contribution < -0.4 is 5.73 Å². The Bertz CT molecular complexity index is 1180. The third kappa shape index (κ3) is 2.96. The number of fused-ring (bicyclic) bond motifs is 1. The van der Waals surface area contributed by atoms with Crippen molar-refractivity contribution in [3.05, 3.63) is 71.7 Å². The van der Waals surface area contributed by atoms with Crippen molar-refractivity contribution in [2.45, 2.75) is 6.92 Å². The Kier molecular flexibility index (Phi) is 4.27. The predicted molar refractivity (Wildman–Crippen MR) is 104 cm³/mol. The molecule has 0 spiro atoms. The summed E-state index contributed by atoms with van der Waals surface area (Å²) >= 11 is 0. The maximum Gasteiger partial charge on any atom is 0.342 e. The standard InChI is InChI=1S/C21H17FN4O2/c1-12-11-17(13-3-7-15(22)8-4-13)18(21(27)28-2)20-24-19(25-26(12)20)14-5-9-16(23)10-6-14/h3-11H,23H2,1-2H3. The fourth-order valence-corrected chi connectivity index (χ4v) is 3.10. The van der Waals surface area contributed by atoms with Crippen molar-refractivity contribution >= 4 is 17.3 Å². The highest BCUT2D eigenvalue weighted by Crippen LogP contribution is 2.30. The number of methoxy groups -OCH3 is 1. The third-order valence-corrected chi connectivity index (χ3v) is 4.50. The number of carbonyl (C=O) groups is 1. The maximum absolute atomic E-state index is 13.4. The van der Waals surface area contributed by atoms with Gasteiger partial charge in [0.2, 0.25) is 0 Å². The zero-order valence-electron chi connectivity index (χ0n) is 15.3. The largest absolute Gasteiger partial charge is 0.465 e. The van der Waals surface area contributed by atoms with Gasteiger partial charge >= 0.3 is 5.97 Å². The first-order valence-corrected chi connectivity index (χ1v) is 8.58. The molecule has 7 heteroatoms. The van der Waals surface area contributed by atoms with Gasteiger partial charge < -0.3 is 10.5 Å². The molecule has 0 fully saturated rings. The normalized spacial score (nSPS) is 11.0. The monoisotopic (exact) mass is 376 g/mol. The number of aromatic nitrogens is 3. The molecule has 0 aliphatic rings. The zero-order valence-corrected chi connectivity index (χ0v) is 15.3. The number of anilines is 1. The molecule has 0 bridgehead atoms. The van der Waals surface area contributed by atoms with Crippen LogP contribution in [0.5, 0.6) is 0 Å². The number of nitrogens with two attached hydrogens (primary N) is 1. The second-order valence-corrected chi connectivity index (χ2v) is 6.37. The highest BCUT2D eigenvalue weighted by molar-refractivity contribution is 6.03. The predicted octanol–water partition coefficient (Wildman–Crippen LogP) is 3.88. The molecule has 0 aliphatic carbocycles. The van der Waals surface area contributed by atoms with Crippen LogP contribution in [0.1, 0.15) is 16.1 Å². The van der Waals surface area contributed by atoms with Gasteiger partial charge in [-0.2, -0.15) is 0 Å². The fraction of sp³-hybridized carbons (Fsp3) is 0.0952. The van der Waals surface area contributed by atoms with E-state index in [1.165, 1.54) is 19.2 Å². The maximum atomic E-state index is 13.4. The van der Waals surface area contributed by atoms with Crippen LogP contribution in [0.25, 0.3) is 28.2 Å². The molecule has 0 atom stereocenters. The van der Waals surface area contributed by atoms with Crippen LogP contribution in [0.2, 0.25) is 0 Å². The van der Waals surface area contributed by atoms with Gasteiger partial charge in [-0.1, -0.05) is 12.1 Å². The van der Waals surface area contributed by atoms with E-state index < -0.39 is 5.97 Å². The molecule has 4 aromatic rings. The van der Waals surface area contributed by atoms with E-state index in [1.807, 2.05) is 25.1 Å². The van der Waals surface area contributed by atoms with Crippen LogP contribution in [0, 0.1) is 12.7 Å². The molecule has 4 rings (SSSR count). The molecular weight excluding hydrogens is 359 g/mol. The Morgan fingerprint density at radius 2 is 1.71 bits per heavy atom. The van der Waals surface area contributed by atoms with Crippen LogP contribution in [0.3, 0.4) is 0 Å². The van der Waals surface area contributed by atoms with E-state index in [0.29, 0.717) is 28.3 Å². The van der Waals surface area contributed by atoms with E-state index in [2.05, 4.69) is 10.1 Å². The number of halogens is 1. The smallest absolute Gasteiger partial charge is 0.342 e. The number of esters is 1. The highest BCUT2D eigenvalue weighted by Gasteiger charge is 2.23. The Morgan fingerprint density at radius 3 is 2.36 bits per heavy atom. The fourth-order valence-electron chi connectivity index (χ4n) is 3.10. The number of rotatable bonds is 3. The Labute approximate surface area is 160 Å². The van der Waals surface area contributed by atoms with Gasteiger partial charge in [0.25, 0.3) is 0 Å². The topological polar surface area (TPSA) is 82.5 Å². The summed E-state index contributed by atoms with van der Waals surface area (Å²) in [4.78, 5) is 17.2. The summed E-state index contributed by atoms with van der Waals surface area (Å²) in [5, 5.41) is 4.54. The third-order valence-electron chi connectivity index (χ3n) is 4.50. The summed E-state index contributed by atoms with van der Waals surface area (Å²) in [5.74, 6) is -0.431. The van der Waals surface area contributed by atoms with Crippen LogP contribution in [0.15, 0.2) is 54.6 Å². The van der Waals surface area contributed by atoms with Crippen molar-refractivity contribution < 1.29 is 13.9 Å². The first kappa shape index (κ1) is 17.7. The lowest BCUT2D eigenvalue weighted by molar-refractivity contribution is 0.0603. The first-order chi connectivity index (χ1) is 13.5. The Morgan fingerprint density at radius 1 is 1.07 bits per heavy atom. The van der Waals surface area contributed by atoms with E-state index in [-0.39, 0.29) is 11.4 Å². The average molecular weight is 376 g/mol. The van der Waals surface area contributed by atoms with Crippen LogP contribution in [-0.2, 0) is 4.74 Å². The number of hydrogen-bond acceptors (Lipinski definition) is 5. The SMILES string of the molecule is COC(=O)c1c(-c2ccc(F)cc2)cc(C)n2nc(-c3ccc(N)cc3)nc12. The first-order valence-electron chi connectivity index (χ1n) is 8.58. The molecule has 2 aromatic heterocycles. The number of ether oxygens (including phenoxy) is 1. The number of nitrogen functional groups attached to an aromatic ring is 1. The van der Waals surface area contributed by atoms with Crippen LogP contribution in [0.4, 0.5) is 10.1 Å². The van der Waals surface area contributed by atoms with Crippen molar-refractivity contribution in [1.29, 1.82) is 0 Å². The summed E-state index contributed by atoms with van der Waals surface area (Å²) < 4.78 is 19.9. The van der Waals surface area contributed by atoms with Gasteiger partial charge in [-0.25, -0.2) is 18.7 Å². The molecule has 2 heterocycles. The number of carbonyl (C=O) groups excluding carboxylic acids is 1. The number of benzene rings is 2. The van der Waals surface area contributed by atoms with Crippen LogP contribution in [-0.4, -0.2) is 27.7 Å². The quantitative estimate of drug-likeness (QED) is 0.433. The van der Waals surface area contributed by atoms with Crippen molar-refractivity contribution in [2.24, 2.45) is 0 Å². The molecule has 6 nitrogen and oxygen atoms in total. The van der Waals surface area contributed by atoms with Crippen LogP contribution >= 0.6 is 0 Å². The molecular formula is C21H17FN4O2. The minimum absolute atomic E-state index is 0.272. The van der Waals surface area contributed by atoms with E-state index >= 15 is 0 Å². The number of pyridine rings is 1. The second kappa shape index (κ2) is 6.77. The summed E-state index contributed by atoms with van der Waals surface area (Å²) in [6.45, 7) is 1.86. The molecule has 0 saturated carbocycles. The summed E-state index contributed by atoms with van der Waals surface area (Å²) in [6, 6.07) is 14.9. The molecule has 28 heavy (non-hydrogen) atoms. The molecule has 0 saturated heterocycles. The van der Waals surface area contributed by atoms with Gasteiger partial charge in [0.1, 0.15) is 11.4 Å². The van der Waals surface area contributed by atoms with Gasteiger partial charge in [0.15, 0.2) is 11.5 Å². The average Bonchev–Trinajstić information content (AvgIpc) is 3.14. The van der Waals surface area contributed by atoms with Crippen molar-refractivity contribution in [1.82, 2.24) is 14.6 Å². The van der Waals surface area contributed by atoms with Gasteiger partial charge in [0.05, 0.1) is 7.11 Å². The lowest BCUT2D eigenvalue weighted by Gasteiger charge is -2.11. The van der Waals surface area contributed by atoms with Crippen molar-refractivity contribution in [3.63, 3.8) is 0 Å². The van der Waals surface area contributed by atoms with E-state index in [1.54, 1.807) is 28.8 Å². The summed E-state index contributed by atoms with van der Waals surface area (Å²) in [7, 11) is 1.31. The van der Waals surface area contributed by atoms with Crippen molar-refractivity contribution in [3.8, 4) is 22.5 Å². The van der Waals surface area contributed by atoms with E-state index in [0.717, 1.165) is 11.3 Å². The number of hydrogen-bond donors (Lipinski definition) is 1. The van der Waals surface area contributed by atoms with Crippen molar-refractivity contribution in [2.75, 3.05) is 12.8 Å². The molecule has 140 valence electrons. The molecule has 0 aliphatic heterocycles. The summed E-state index contributed by atoms with van der Waals surface area (Å²) in [6.07, 6.45) is 0. The van der Waals surface area contributed by atoms with Gasteiger partial charge in [-0.15, -0.1) is 5.10 Å². The minimum atomic E-state index is -0.541. The van der Waals surface area contributed by atoms with Gasteiger partial charge in [-0.3, -0.25) is 0 Å². The highest BCUT2D eigenvalue weighted by atomic mass is 19.1. The van der Waals surface area contributed by atoms with E-state index in [4.69, 9.17) is 10.5 Å². The zero-order chi connectivity index (χ0) is 19.8. The summed E-state index contributed by atoms with van der Waals surface area (Å²) in [5.41, 5.74) is 9.87. The Hall–Kier alpha value is -3.74. The molecule has 0 amide bonds. The number of aryl methyl sites for hydroxylation is 1. The molecule has 0 unspecified atom stereocenters. The lowest BCUT2D eigenvalue weighted by atomic mass is 10.00. The second-order valence-electron chi connectivity index (χ2n) is 6.37. The molecule has 2 N–H and O–H groups in total. The van der Waals surface area contributed by atoms with Gasteiger partial charge in [0, 0.05) is 22.5 Å². The number of nitrogens with zero attached hydrogens (tertiary/aromatic N) is 3. The van der Waals surface area contributed by atoms with E-state index in [9.17, 15) is 9.18 Å². The Balaban J connectivity index is 1.99. The van der Waals surface area contributed by atoms with Gasteiger partial charge in [-0.05, 0) is 55.0 Å². The molecule has 0 radical (unpaired) electrons.